The van der Waals surface area contributed by atoms with E-state index >= 15 is 0 Å². The zero-order chi connectivity index (χ0) is 61.5. The van der Waals surface area contributed by atoms with Crippen molar-refractivity contribution in [1.29, 1.82) is 0 Å². The fourth-order valence-electron chi connectivity index (χ4n) is 13.5. The smallest absolute Gasteiger partial charge is 0.328 e. The van der Waals surface area contributed by atoms with Gasteiger partial charge in [0.25, 0.3) is 21.9 Å². The minimum Gasteiger partial charge on any atom is -0.496 e. The molecule has 2 aliphatic heterocycles. The normalized spacial score (nSPS) is 19.6. The van der Waals surface area contributed by atoms with E-state index in [0.29, 0.717) is 82.8 Å². The van der Waals surface area contributed by atoms with Crippen LogP contribution in [0.5, 0.6) is 11.5 Å². The number of anilines is 3. The number of hydrogen-bond acceptors (Lipinski definition) is 15. The van der Waals surface area contributed by atoms with Crippen LogP contribution in [-0.2, 0) is 22.0 Å². The highest BCUT2D eigenvalue weighted by Gasteiger charge is 2.31. The third kappa shape index (κ3) is 12.5. The number of amides is 5. The van der Waals surface area contributed by atoms with E-state index in [9.17, 15) is 27.6 Å². The van der Waals surface area contributed by atoms with E-state index in [0.717, 1.165) is 104 Å². The van der Waals surface area contributed by atoms with Gasteiger partial charge in [-0.15, -0.1) is 0 Å². The molecular formula is C63H70N16O9S. The summed E-state index contributed by atoms with van der Waals surface area (Å²) in [6.07, 6.45) is 21.4. The van der Waals surface area contributed by atoms with Crippen molar-refractivity contribution in [3.8, 4) is 11.5 Å². The molecule has 10 aromatic rings. The highest BCUT2D eigenvalue weighted by atomic mass is 32.2. The maximum Gasteiger partial charge on any atom is 0.328 e. The number of nitrogens with one attached hydrogen (secondary N) is 3. The van der Waals surface area contributed by atoms with Crippen LogP contribution in [0.4, 0.5) is 22.1 Å². The van der Waals surface area contributed by atoms with E-state index in [1.807, 2.05) is 35.1 Å². The van der Waals surface area contributed by atoms with Gasteiger partial charge >= 0.3 is 6.03 Å². The molecule has 4 aliphatic rings. The molecule has 25 nitrogen and oxygen atoms in total. The van der Waals surface area contributed by atoms with Crippen molar-refractivity contribution >= 4 is 95.2 Å². The predicted molar refractivity (Wildman–Crippen MR) is 334 cm³/mol. The number of ether oxygens (including phenoxy) is 2. The summed E-state index contributed by atoms with van der Waals surface area (Å²) in [6, 6.07) is 23.0. The maximum atomic E-state index is 13.4. The number of fused-ring (bicyclic) bond motifs is 5. The molecule has 2 aliphatic carbocycles. The summed E-state index contributed by atoms with van der Waals surface area (Å²) >= 11 is 0. The number of aromatic nitrogens is 11. The molecule has 7 aromatic heterocycles. The molecule has 2 saturated heterocycles. The summed E-state index contributed by atoms with van der Waals surface area (Å²) in [5, 5.41) is 29.3. The standard InChI is InChI=1S/C40H44N10O4.C23H26N6O5S/c1-46-33(19-27-7-10-30(20-34(27)46)48-17-13-38(51)44-40(48)53)26-11-15-47(16-12-26)23-25-5-8-29(9-6-25)49-24-28-18-31(35(54-2)21-32(28)45-49)39(52)43-37-22-41-36-4-3-14-42-50(36)37;1-34-20-12-19-16(11-18(20)23(30)26-22-13-24-21-3-2-9-25-29(21)22)14-28(27-19)17-6-4-15(5-7-17)8-10-35(31,32)33/h3-4,7,10,14,18-22,24-26,29H,5-6,8-9,11-13,15-17,23H2,1-2H3,(H,43,52)(H,44,51,53);2-3,9,11-15,17H,4-8,10H2,1H3,(H,26,30)(H,31,32,33). The molecule has 3 aromatic carbocycles. The summed E-state index contributed by atoms with van der Waals surface area (Å²) < 4.78 is 51.6. The molecule has 0 atom stereocenters. The van der Waals surface area contributed by atoms with Gasteiger partial charge in [-0.1, -0.05) is 6.07 Å². The molecule has 0 radical (unpaired) electrons. The molecule has 5 amide bonds. The first-order chi connectivity index (χ1) is 43.1. The number of rotatable bonds is 15. The Morgan fingerprint density at radius 3 is 1.75 bits per heavy atom. The number of carbonyl (C=O) groups excluding carboxylic acids is 4. The predicted octanol–water partition coefficient (Wildman–Crippen LogP) is 9.24. The number of benzene rings is 3. The topological polar surface area (TPSA) is 285 Å². The number of hydrogen-bond donors (Lipinski definition) is 4. The second kappa shape index (κ2) is 24.7. The first kappa shape index (κ1) is 58.7. The second-order valence-electron chi connectivity index (χ2n) is 23.8. The number of imide groups is 1. The van der Waals surface area contributed by atoms with Gasteiger partial charge in [-0.25, -0.2) is 14.8 Å². The lowest BCUT2D eigenvalue weighted by Gasteiger charge is -2.36. The molecule has 9 heterocycles. The lowest BCUT2D eigenvalue weighted by molar-refractivity contribution is -0.120. The fourth-order valence-corrected chi connectivity index (χ4v) is 14.1. The van der Waals surface area contributed by atoms with Crippen LogP contribution >= 0.6 is 0 Å². The largest absolute Gasteiger partial charge is 0.496 e. The molecule has 0 unspecified atom stereocenters. The van der Waals surface area contributed by atoms with Gasteiger partial charge in [0.15, 0.2) is 22.9 Å². The number of aryl methyl sites for hydroxylation is 1. The lowest BCUT2D eigenvalue weighted by atomic mass is 9.84. The molecule has 4 N–H and O–H groups in total. The van der Waals surface area contributed by atoms with Crippen LogP contribution in [0.25, 0.3) is 44.0 Å². The van der Waals surface area contributed by atoms with Crippen molar-refractivity contribution in [3.63, 3.8) is 0 Å². The number of likely N-dealkylation sites (tertiary alicyclic amines) is 1. The average Bonchev–Trinajstić information content (AvgIpc) is 4.57. The fraction of sp³-hybridized carbons (Fsp3) is 0.397. The monoisotopic (exact) mass is 1230 g/mol. The quantitative estimate of drug-likeness (QED) is 0.0696. The Balaban J connectivity index is 0.000000180. The van der Waals surface area contributed by atoms with Gasteiger partial charge in [-0.05, 0) is 150 Å². The van der Waals surface area contributed by atoms with Crippen LogP contribution in [0.2, 0.25) is 0 Å². The lowest BCUT2D eigenvalue weighted by Crippen LogP contribution is -2.49. The van der Waals surface area contributed by atoms with Gasteiger partial charge in [0, 0.05) is 96.9 Å². The summed E-state index contributed by atoms with van der Waals surface area (Å²) in [6.45, 7) is 3.72. The van der Waals surface area contributed by atoms with E-state index in [2.05, 4.69) is 81.7 Å². The summed E-state index contributed by atoms with van der Waals surface area (Å²) in [5.41, 5.74) is 6.89. The molecular weight excluding hydrogens is 1160 g/mol. The van der Waals surface area contributed by atoms with E-state index in [-0.39, 0.29) is 41.5 Å². The third-order valence-corrected chi connectivity index (χ3v) is 19.1. The first-order valence-electron chi connectivity index (χ1n) is 30.3. The van der Waals surface area contributed by atoms with E-state index < -0.39 is 10.1 Å². The van der Waals surface area contributed by atoms with Crippen LogP contribution in [0, 0.1) is 11.8 Å². The van der Waals surface area contributed by atoms with Gasteiger partial charge in [-0.3, -0.25) is 38.5 Å². The highest BCUT2D eigenvalue weighted by molar-refractivity contribution is 7.85. The summed E-state index contributed by atoms with van der Waals surface area (Å²) in [5.74, 6) is 2.22. The van der Waals surface area contributed by atoms with Gasteiger partial charge in [0.2, 0.25) is 5.91 Å². The zero-order valence-electron chi connectivity index (χ0n) is 49.7. The van der Waals surface area contributed by atoms with Gasteiger partial charge < -0.3 is 29.6 Å². The van der Waals surface area contributed by atoms with Gasteiger partial charge in [-0.2, -0.15) is 37.8 Å². The van der Waals surface area contributed by atoms with Crippen LogP contribution in [0.1, 0.15) is 121 Å². The Hall–Kier alpha value is -9.27. The van der Waals surface area contributed by atoms with Crippen molar-refractivity contribution < 1.29 is 41.6 Å². The first-order valence-corrected chi connectivity index (χ1v) is 31.9. The second-order valence-corrected chi connectivity index (χ2v) is 25.4. The molecule has 89 heavy (non-hydrogen) atoms. The number of nitrogens with zero attached hydrogens (tertiary/aromatic N) is 13. The minimum atomic E-state index is -3.92. The van der Waals surface area contributed by atoms with E-state index in [1.54, 1.807) is 76.2 Å². The minimum absolute atomic E-state index is 0.191. The number of carbonyl (C=O) groups is 4. The van der Waals surface area contributed by atoms with Crippen LogP contribution < -0.4 is 30.3 Å². The molecule has 26 heteroatoms. The Morgan fingerprint density at radius 1 is 0.674 bits per heavy atom. The van der Waals surface area contributed by atoms with Crippen molar-refractivity contribution in [3.05, 3.63) is 127 Å². The number of methoxy groups -OCH3 is 2. The Morgan fingerprint density at radius 2 is 1.22 bits per heavy atom. The molecule has 0 bridgehead atoms. The maximum absolute atomic E-state index is 13.4. The van der Waals surface area contributed by atoms with Crippen molar-refractivity contribution in [2.45, 2.75) is 95.1 Å². The molecule has 14 rings (SSSR count). The van der Waals surface area contributed by atoms with Crippen LogP contribution in [0.3, 0.4) is 0 Å². The molecule has 462 valence electrons. The Labute approximate surface area is 512 Å². The third-order valence-electron chi connectivity index (χ3n) is 18.3. The van der Waals surface area contributed by atoms with Crippen molar-refractivity contribution in [1.82, 2.24) is 63.5 Å². The number of imidazole rings is 2. The van der Waals surface area contributed by atoms with Crippen molar-refractivity contribution in [2.24, 2.45) is 18.9 Å². The number of urea groups is 1. The number of piperidine rings is 1. The van der Waals surface area contributed by atoms with Gasteiger partial charge in [0.05, 0.1) is 72.1 Å². The van der Waals surface area contributed by atoms with E-state index in [4.69, 9.17) is 24.2 Å². The summed E-state index contributed by atoms with van der Waals surface area (Å²) in [4.78, 5) is 63.4. The molecule has 0 spiro atoms. The van der Waals surface area contributed by atoms with Crippen LogP contribution in [0.15, 0.2) is 110 Å². The SMILES string of the molecule is COc1cc2nn(C3CCC(CCS(=O)(=O)O)CC3)cc2cc1C(=O)Nc1cnc2cccnn12.COc1cc2nn(C3CCC(CN4CCC(c5cc6ccc(N7CCC(=O)NC7=O)cc6n5C)CC4)CC3)cc2cc1C(=O)Nc1cnc2cccnn12. The highest BCUT2D eigenvalue weighted by Crippen LogP contribution is 2.39. The van der Waals surface area contributed by atoms with Gasteiger partial charge in [0.1, 0.15) is 11.5 Å². The zero-order valence-corrected chi connectivity index (χ0v) is 50.6. The molecule has 4 fully saturated rings. The van der Waals surface area contributed by atoms with Crippen molar-refractivity contribution in [2.75, 3.05) is 61.7 Å². The Kier molecular flexibility index (Phi) is 16.3. The average molecular weight is 1230 g/mol. The Bertz CT molecular complexity index is 4430. The van der Waals surface area contributed by atoms with Crippen LogP contribution in [-0.4, -0.2) is 141 Å². The van der Waals surface area contributed by atoms with E-state index in [1.165, 1.54) is 31.0 Å². The summed E-state index contributed by atoms with van der Waals surface area (Å²) in [7, 11) is 1.29. The molecule has 2 saturated carbocycles.